The molecule has 1 heterocycles. The second-order valence-corrected chi connectivity index (χ2v) is 6.65. The van der Waals surface area contributed by atoms with E-state index in [-0.39, 0.29) is 24.0 Å². The summed E-state index contributed by atoms with van der Waals surface area (Å²) in [6.45, 7) is 10.3. The summed E-state index contributed by atoms with van der Waals surface area (Å²) < 4.78 is 5.51. The molecule has 0 aromatic heterocycles. The van der Waals surface area contributed by atoms with E-state index in [0.29, 0.717) is 6.04 Å². The van der Waals surface area contributed by atoms with Crippen molar-refractivity contribution in [2.45, 2.75) is 32.7 Å². The number of guanidine groups is 1. The van der Waals surface area contributed by atoms with E-state index in [1.54, 1.807) is 0 Å². The molecule has 0 spiro atoms. The maximum Gasteiger partial charge on any atom is 0.191 e. The van der Waals surface area contributed by atoms with Crippen molar-refractivity contribution in [3.8, 4) is 0 Å². The summed E-state index contributed by atoms with van der Waals surface area (Å²) in [7, 11) is 1.84. The van der Waals surface area contributed by atoms with Crippen LogP contribution < -0.4 is 10.6 Å². The number of aliphatic imine (C=N–C) groups is 1. The van der Waals surface area contributed by atoms with E-state index in [1.807, 2.05) is 18.8 Å². The number of rotatable bonds is 9. The average molecular weight is 458 g/mol. The second-order valence-electron chi connectivity index (χ2n) is 5.66. The van der Waals surface area contributed by atoms with E-state index in [1.165, 1.54) is 12.8 Å². The number of hydrogen-bond donors (Lipinski definition) is 2. The van der Waals surface area contributed by atoms with Crippen molar-refractivity contribution in [1.82, 2.24) is 15.5 Å². The minimum Gasteiger partial charge on any atom is -0.379 e. The van der Waals surface area contributed by atoms with Crippen LogP contribution in [0, 0.1) is 5.92 Å². The number of nitrogens with zero attached hydrogens (tertiary/aromatic N) is 2. The van der Waals surface area contributed by atoms with Crippen LogP contribution in [0.5, 0.6) is 0 Å². The molecule has 1 aliphatic heterocycles. The molecule has 0 aliphatic carbocycles. The minimum absolute atomic E-state index is 0. The van der Waals surface area contributed by atoms with Crippen LogP contribution in [0.4, 0.5) is 0 Å². The van der Waals surface area contributed by atoms with E-state index in [2.05, 4.69) is 40.6 Å². The molecule has 5 nitrogen and oxygen atoms in total. The average Bonchev–Trinajstić information content (AvgIpc) is 2.57. The quantitative estimate of drug-likeness (QED) is 0.240. The first kappa shape index (κ1) is 23.3. The van der Waals surface area contributed by atoms with Crippen molar-refractivity contribution in [2.75, 3.05) is 58.4 Å². The van der Waals surface area contributed by atoms with Gasteiger partial charge in [0.25, 0.3) is 0 Å². The van der Waals surface area contributed by atoms with Crippen molar-refractivity contribution in [1.29, 1.82) is 0 Å². The molecule has 1 fully saturated rings. The molecule has 0 radical (unpaired) electrons. The van der Waals surface area contributed by atoms with Crippen molar-refractivity contribution in [3.05, 3.63) is 0 Å². The molecule has 0 aromatic carbocycles. The van der Waals surface area contributed by atoms with Gasteiger partial charge in [-0.2, -0.15) is 11.8 Å². The van der Waals surface area contributed by atoms with Gasteiger partial charge < -0.3 is 15.4 Å². The van der Waals surface area contributed by atoms with E-state index in [4.69, 9.17) is 4.74 Å². The van der Waals surface area contributed by atoms with E-state index >= 15 is 0 Å². The van der Waals surface area contributed by atoms with Crippen LogP contribution in [0.25, 0.3) is 0 Å². The fourth-order valence-corrected chi connectivity index (χ4v) is 3.34. The van der Waals surface area contributed by atoms with Gasteiger partial charge in [0, 0.05) is 45.0 Å². The smallest absolute Gasteiger partial charge is 0.191 e. The van der Waals surface area contributed by atoms with Crippen molar-refractivity contribution in [3.63, 3.8) is 0 Å². The fraction of sp³-hybridized carbons (Fsp3) is 0.938. The summed E-state index contributed by atoms with van der Waals surface area (Å²) in [5.41, 5.74) is 0. The zero-order valence-corrected chi connectivity index (χ0v) is 18.3. The minimum atomic E-state index is 0. The maximum absolute atomic E-state index is 5.51. The van der Waals surface area contributed by atoms with Crippen LogP contribution in [0.15, 0.2) is 4.99 Å². The Morgan fingerprint density at radius 2 is 1.87 bits per heavy atom. The highest BCUT2D eigenvalue weighted by atomic mass is 127. The zero-order valence-electron chi connectivity index (χ0n) is 15.1. The molecule has 0 saturated carbocycles. The van der Waals surface area contributed by atoms with Gasteiger partial charge >= 0.3 is 0 Å². The molecule has 1 unspecified atom stereocenters. The van der Waals surface area contributed by atoms with E-state index in [0.717, 1.165) is 57.0 Å². The van der Waals surface area contributed by atoms with Crippen LogP contribution in [0.3, 0.4) is 0 Å². The number of morpholine rings is 1. The summed E-state index contributed by atoms with van der Waals surface area (Å²) in [6.07, 6.45) is 4.57. The number of ether oxygens (including phenoxy) is 1. The van der Waals surface area contributed by atoms with Gasteiger partial charge in [-0.05, 0) is 12.2 Å². The molecule has 138 valence electrons. The van der Waals surface area contributed by atoms with Crippen LogP contribution in [-0.4, -0.2) is 75.4 Å². The normalized spacial score (nSPS) is 17.7. The third kappa shape index (κ3) is 8.79. The topological polar surface area (TPSA) is 48.9 Å². The summed E-state index contributed by atoms with van der Waals surface area (Å²) in [5, 5.41) is 6.90. The highest BCUT2D eigenvalue weighted by Gasteiger charge is 2.26. The fourth-order valence-electron chi connectivity index (χ4n) is 3.03. The third-order valence-electron chi connectivity index (χ3n) is 4.41. The van der Waals surface area contributed by atoms with Gasteiger partial charge in [-0.25, -0.2) is 0 Å². The molecule has 1 aliphatic rings. The first-order valence-corrected chi connectivity index (χ1v) is 9.91. The Labute approximate surface area is 163 Å². The Bertz CT molecular complexity index is 310. The van der Waals surface area contributed by atoms with Crippen LogP contribution in [0.1, 0.15) is 26.7 Å². The van der Waals surface area contributed by atoms with Gasteiger partial charge in [0.2, 0.25) is 0 Å². The lowest BCUT2D eigenvalue weighted by Crippen LogP contribution is -2.53. The zero-order chi connectivity index (χ0) is 16.2. The molecule has 1 rings (SSSR count). The lowest BCUT2D eigenvalue weighted by Gasteiger charge is -2.39. The van der Waals surface area contributed by atoms with Crippen LogP contribution >= 0.6 is 35.7 Å². The molecule has 1 saturated heterocycles. The van der Waals surface area contributed by atoms with Gasteiger partial charge in [-0.3, -0.25) is 9.89 Å². The highest BCUT2D eigenvalue weighted by Crippen LogP contribution is 2.19. The summed E-state index contributed by atoms with van der Waals surface area (Å²) in [5.74, 6) is 2.73. The van der Waals surface area contributed by atoms with Crippen molar-refractivity contribution < 1.29 is 4.74 Å². The first-order valence-electron chi connectivity index (χ1n) is 8.52. The lowest BCUT2D eigenvalue weighted by atomic mass is 9.92. The molecule has 2 N–H and O–H groups in total. The molecular weight excluding hydrogens is 423 g/mol. The summed E-state index contributed by atoms with van der Waals surface area (Å²) in [6, 6.07) is 0.554. The van der Waals surface area contributed by atoms with E-state index in [9.17, 15) is 0 Å². The van der Waals surface area contributed by atoms with Gasteiger partial charge in [-0.1, -0.05) is 26.7 Å². The standard InChI is InChI=1S/C16H34N4OS.HI/c1-5-14(6-2)15(20-8-10-21-11-9-20)13-19-16(17-3)18-7-12-22-4;/h14-15H,5-13H2,1-4H3,(H2,17,18,19);1H. The number of nitrogens with one attached hydrogen (secondary N) is 2. The largest absolute Gasteiger partial charge is 0.379 e. The Morgan fingerprint density at radius 1 is 1.22 bits per heavy atom. The molecule has 1 atom stereocenters. The van der Waals surface area contributed by atoms with Gasteiger partial charge in [-0.15, -0.1) is 24.0 Å². The molecule has 0 aromatic rings. The Hall–Kier alpha value is 0.270. The maximum atomic E-state index is 5.51. The number of thioether (sulfide) groups is 1. The molecule has 23 heavy (non-hydrogen) atoms. The van der Waals surface area contributed by atoms with Gasteiger partial charge in [0.1, 0.15) is 0 Å². The van der Waals surface area contributed by atoms with Crippen molar-refractivity contribution >= 4 is 41.7 Å². The summed E-state index contributed by atoms with van der Waals surface area (Å²) in [4.78, 5) is 6.92. The SMILES string of the molecule is CCC(CC)C(CNC(=NC)NCCSC)N1CCOCC1.I. The number of halogens is 1. The van der Waals surface area contributed by atoms with E-state index < -0.39 is 0 Å². The molecule has 0 bridgehead atoms. The third-order valence-corrected chi connectivity index (χ3v) is 5.02. The first-order chi connectivity index (χ1) is 10.8. The Kier molecular flexibility index (Phi) is 14.8. The van der Waals surface area contributed by atoms with Gasteiger partial charge in [0.05, 0.1) is 13.2 Å². The van der Waals surface area contributed by atoms with Gasteiger partial charge in [0.15, 0.2) is 5.96 Å². The predicted molar refractivity (Wildman–Crippen MR) is 113 cm³/mol. The summed E-state index contributed by atoms with van der Waals surface area (Å²) >= 11 is 1.85. The van der Waals surface area contributed by atoms with Crippen LogP contribution in [0.2, 0.25) is 0 Å². The number of hydrogen-bond acceptors (Lipinski definition) is 4. The predicted octanol–water partition coefficient (Wildman–Crippen LogP) is 2.27. The van der Waals surface area contributed by atoms with Crippen LogP contribution in [-0.2, 0) is 4.74 Å². The molecule has 7 heteroatoms. The Balaban J connectivity index is 0.00000484. The van der Waals surface area contributed by atoms with Crippen molar-refractivity contribution in [2.24, 2.45) is 10.9 Å². The Morgan fingerprint density at radius 3 is 2.39 bits per heavy atom. The monoisotopic (exact) mass is 458 g/mol. The highest BCUT2D eigenvalue weighted by molar-refractivity contribution is 14.0. The second kappa shape index (κ2) is 14.6. The molecular formula is C16H35IN4OS. The lowest BCUT2D eigenvalue weighted by molar-refractivity contribution is 0.00272. The molecule has 0 amide bonds.